The fourth-order valence-electron chi connectivity index (χ4n) is 0.730. The zero-order valence-corrected chi connectivity index (χ0v) is 7.97. The summed E-state index contributed by atoms with van der Waals surface area (Å²) in [4.78, 5) is 0. The predicted octanol–water partition coefficient (Wildman–Crippen LogP) is -0.202. The van der Waals surface area contributed by atoms with Crippen molar-refractivity contribution in [2.75, 3.05) is 24.2 Å². The van der Waals surface area contributed by atoms with Crippen molar-refractivity contribution in [2.45, 2.75) is 0 Å². The lowest BCUT2D eigenvalue weighted by molar-refractivity contribution is 0.217. The summed E-state index contributed by atoms with van der Waals surface area (Å²) in [5.41, 5.74) is 0.427. The number of H-pyrrole nitrogens is 1. The van der Waals surface area contributed by atoms with Gasteiger partial charge < -0.3 is 4.74 Å². The molecule has 6 nitrogen and oxygen atoms in total. The van der Waals surface area contributed by atoms with Crippen molar-refractivity contribution in [1.29, 1.82) is 0 Å². The maximum absolute atomic E-state index is 11.2. The third kappa shape index (κ3) is 3.43. The van der Waals surface area contributed by atoms with Gasteiger partial charge in [0.15, 0.2) is 0 Å². The highest BCUT2D eigenvalue weighted by molar-refractivity contribution is 7.92. The molecule has 1 heterocycles. The van der Waals surface area contributed by atoms with E-state index in [0.29, 0.717) is 5.69 Å². The molecular formula is C6H11N3O3S. The molecule has 0 aliphatic rings. The Labute approximate surface area is 76.3 Å². The molecule has 0 atom stereocenters. The summed E-state index contributed by atoms with van der Waals surface area (Å²) in [6.45, 7) is 0.174. The highest BCUT2D eigenvalue weighted by Gasteiger charge is 2.09. The fourth-order valence-corrected chi connectivity index (χ4v) is 1.69. The van der Waals surface area contributed by atoms with Crippen molar-refractivity contribution in [1.82, 2.24) is 10.2 Å². The highest BCUT2D eigenvalue weighted by Crippen LogP contribution is 2.04. The molecule has 0 saturated heterocycles. The van der Waals surface area contributed by atoms with Crippen LogP contribution in [0.1, 0.15) is 0 Å². The Bertz CT molecular complexity index is 332. The van der Waals surface area contributed by atoms with Gasteiger partial charge in [0.2, 0.25) is 10.0 Å². The summed E-state index contributed by atoms with van der Waals surface area (Å²) in [7, 11) is -1.85. The number of sulfonamides is 1. The Kier molecular flexibility index (Phi) is 3.26. The molecule has 0 aliphatic heterocycles. The van der Waals surface area contributed by atoms with E-state index in [4.69, 9.17) is 0 Å². The van der Waals surface area contributed by atoms with Gasteiger partial charge in [-0.1, -0.05) is 0 Å². The van der Waals surface area contributed by atoms with Gasteiger partial charge in [0, 0.05) is 13.3 Å². The van der Waals surface area contributed by atoms with E-state index in [-0.39, 0.29) is 12.4 Å². The van der Waals surface area contributed by atoms with Crippen molar-refractivity contribution in [2.24, 2.45) is 0 Å². The first-order chi connectivity index (χ1) is 6.14. The minimum Gasteiger partial charge on any atom is -0.384 e. The van der Waals surface area contributed by atoms with E-state index in [2.05, 4.69) is 19.7 Å². The summed E-state index contributed by atoms with van der Waals surface area (Å²) in [6, 6.07) is 0. The van der Waals surface area contributed by atoms with E-state index in [0.717, 1.165) is 0 Å². The van der Waals surface area contributed by atoms with Gasteiger partial charge in [-0.2, -0.15) is 5.10 Å². The minimum atomic E-state index is -3.30. The molecule has 0 spiro atoms. The Morgan fingerprint density at radius 1 is 1.69 bits per heavy atom. The van der Waals surface area contributed by atoms with E-state index in [1.807, 2.05) is 0 Å². The number of nitrogens with zero attached hydrogens (tertiary/aromatic N) is 1. The molecule has 1 rings (SSSR count). The summed E-state index contributed by atoms with van der Waals surface area (Å²) < 4.78 is 29.4. The van der Waals surface area contributed by atoms with Gasteiger partial charge in [0.05, 0.1) is 24.2 Å². The number of nitrogens with one attached hydrogen (secondary N) is 2. The first-order valence-electron chi connectivity index (χ1n) is 3.62. The van der Waals surface area contributed by atoms with Crippen molar-refractivity contribution in [3.8, 4) is 0 Å². The van der Waals surface area contributed by atoms with Crippen LogP contribution in [0.25, 0.3) is 0 Å². The van der Waals surface area contributed by atoms with Crippen LogP contribution in [0.5, 0.6) is 0 Å². The number of anilines is 1. The van der Waals surface area contributed by atoms with E-state index in [1.54, 1.807) is 0 Å². The molecule has 0 saturated carbocycles. The van der Waals surface area contributed by atoms with Crippen molar-refractivity contribution in [3.63, 3.8) is 0 Å². The molecule has 0 aliphatic carbocycles. The lowest BCUT2D eigenvalue weighted by Crippen LogP contribution is -2.19. The Morgan fingerprint density at radius 2 is 2.46 bits per heavy atom. The molecule has 0 aromatic carbocycles. The largest absolute Gasteiger partial charge is 0.384 e. The SMILES string of the molecule is COCCS(=O)(=O)Nc1cn[nH]c1. The number of aromatic amines is 1. The number of methoxy groups -OCH3 is 1. The van der Waals surface area contributed by atoms with Gasteiger partial charge in [-0.3, -0.25) is 9.82 Å². The van der Waals surface area contributed by atoms with Crippen LogP contribution in [0.2, 0.25) is 0 Å². The number of ether oxygens (including phenoxy) is 1. The van der Waals surface area contributed by atoms with Crippen molar-refractivity contribution >= 4 is 15.7 Å². The zero-order chi connectivity index (χ0) is 9.73. The fraction of sp³-hybridized carbons (Fsp3) is 0.500. The highest BCUT2D eigenvalue weighted by atomic mass is 32.2. The van der Waals surface area contributed by atoms with Gasteiger partial charge in [0.1, 0.15) is 0 Å². The molecule has 1 aromatic heterocycles. The van der Waals surface area contributed by atoms with Gasteiger partial charge in [-0.15, -0.1) is 0 Å². The molecule has 2 N–H and O–H groups in total. The van der Waals surface area contributed by atoms with Gasteiger partial charge in [-0.05, 0) is 0 Å². The van der Waals surface area contributed by atoms with Crippen LogP contribution in [-0.2, 0) is 14.8 Å². The van der Waals surface area contributed by atoms with Crippen LogP contribution in [-0.4, -0.2) is 38.1 Å². The summed E-state index contributed by atoms with van der Waals surface area (Å²) >= 11 is 0. The summed E-state index contributed by atoms with van der Waals surface area (Å²) in [5, 5.41) is 6.10. The maximum atomic E-state index is 11.2. The summed E-state index contributed by atoms with van der Waals surface area (Å²) in [5.74, 6) is -0.0608. The molecule has 7 heteroatoms. The van der Waals surface area contributed by atoms with Gasteiger partial charge >= 0.3 is 0 Å². The molecular weight excluding hydrogens is 194 g/mol. The first-order valence-corrected chi connectivity index (χ1v) is 5.27. The average molecular weight is 205 g/mol. The molecule has 0 fully saturated rings. The number of hydrogen-bond acceptors (Lipinski definition) is 4. The molecule has 0 amide bonds. The smallest absolute Gasteiger partial charge is 0.235 e. The lowest BCUT2D eigenvalue weighted by Gasteiger charge is -2.03. The van der Waals surface area contributed by atoms with Gasteiger partial charge in [0.25, 0.3) is 0 Å². The molecule has 13 heavy (non-hydrogen) atoms. The minimum absolute atomic E-state index is 0.0608. The monoisotopic (exact) mass is 205 g/mol. The average Bonchev–Trinajstić information content (AvgIpc) is 2.52. The van der Waals surface area contributed by atoms with E-state index >= 15 is 0 Å². The quantitative estimate of drug-likeness (QED) is 0.697. The number of rotatable bonds is 5. The second-order valence-corrected chi connectivity index (χ2v) is 4.24. The lowest BCUT2D eigenvalue weighted by atomic mass is 10.6. The Balaban J connectivity index is 2.53. The zero-order valence-electron chi connectivity index (χ0n) is 7.15. The van der Waals surface area contributed by atoms with E-state index < -0.39 is 10.0 Å². The summed E-state index contributed by atoms with van der Waals surface area (Å²) in [6.07, 6.45) is 2.86. The van der Waals surface area contributed by atoms with E-state index in [1.165, 1.54) is 19.5 Å². The maximum Gasteiger partial charge on any atom is 0.235 e. The Morgan fingerprint density at radius 3 is 3.00 bits per heavy atom. The van der Waals surface area contributed by atoms with Crippen molar-refractivity contribution < 1.29 is 13.2 Å². The Hall–Kier alpha value is -1.08. The van der Waals surface area contributed by atoms with Gasteiger partial charge in [-0.25, -0.2) is 8.42 Å². The standard InChI is InChI=1S/C6H11N3O3S/c1-12-2-3-13(10,11)9-6-4-7-8-5-6/h4-5,9H,2-3H2,1H3,(H,7,8). The number of hydrogen-bond donors (Lipinski definition) is 2. The van der Waals surface area contributed by atoms with Crippen LogP contribution < -0.4 is 4.72 Å². The molecule has 0 unspecified atom stereocenters. The topological polar surface area (TPSA) is 84.1 Å². The van der Waals surface area contributed by atoms with E-state index in [9.17, 15) is 8.42 Å². The predicted molar refractivity (Wildman–Crippen MR) is 47.9 cm³/mol. The first kappa shape index (κ1) is 10.0. The third-order valence-electron chi connectivity index (χ3n) is 1.33. The second-order valence-electron chi connectivity index (χ2n) is 2.40. The van der Waals surface area contributed by atoms with Crippen LogP contribution in [0.3, 0.4) is 0 Å². The molecule has 74 valence electrons. The van der Waals surface area contributed by atoms with Crippen molar-refractivity contribution in [3.05, 3.63) is 12.4 Å². The van der Waals surface area contributed by atoms with Crippen LogP contribution in [0.15, 0.2) is 12.4 Å². The molecule has 1 aromatic rings. The third-order valence-corrected chi connectivity index (χ3v) is 2.58. The number of aromatic nitrogens is 2. The van der Waals surface area contributed by atoms with Crippen LogP contribution >= 0.6 is 0 Å². The molecule has 0 bridgehead atoms. The molecule has 0 radical (unpaired) electrons. The van der Waals surface area contributed by atoms with Crippen LogP contribution in [0, 0.1) is 0 Å². The normalized spacial score (nSPS) is 11.5. The second kappa shape index (κ2) is 4.24. The van der Waals surface area contributed by atoms with Crippen LogP contribution in [0.4, 0.5) is 5.69 Å².